The molecule has 2 heterocycles. The highest BCUT2D eigenvalue weighted by molar-refractivity contribution is 9.10. The Hall–Kier alpha value is -3.24. The van der Waals surface area contributed by atoms with Gasteiger partial charge in [-0.2, -0.15) is 0 Å². The lowest BCUT2D eigenvalue weighted by Gasteiger charge is -2.35. The van der Waals surface area contributed by atoms with Crippen LogP contribution in [0.3, 0.4) is 0 Å². The van der Waals surface area contributed by atoms with E-state index in [4.69, 9.17) is 16.6 Å². The molecule has 8 nitrogen and oxygen atoms in total. The van der Waals surface area contributed by atoms with Crippen molar-refractivity contribution in [3.8, 4) is 5.69 Å². The van der Waals surface area contributed by atoms with Crippen LogP contribution in [0.4, 0.5) is 10.3 Å². The quantitative estimate of drug-likeness (QED) is 0.425. The number of benzene rings is 2. The van der Waals surface area contributed by atoms with E-state index in [0.717, 1.165) is 6.07 Å². The number of carbonyl (C=O) groups is 2. The van der Waals surface area contributed by atoms with Gasteiger partial charge < -0.3 is 15.5 Å². The van der Waals surface area contributed by atoms with Crippen LogP contribution in [-0.4, -0.2) is 45.4 Å². The van der Waals surface area contributed by atoms with Crippen molar-refractivity contribution in [2.45, 2.75) is 45.8 Å². The van der Waals surface area contributed by atoms with Gasteiger partial charge in [-0.15, -0.1) is 0 Å². The Morgan fingerprint density at radius 2 is 1.89 bits per heavy atom. The number of carbonyl (C=O) groups excluding carboxylic acids is 2. The lowest BCUT2D eigenvalue weighted by Crippen LogP contribution is -2.46. The summed E-state index contributed by atoms with van der Waals surface area (Å²) in [6, 6.07) is 8.74. The van der Waals surface area contributed by atoms with Crippen molar-refractivity contribution in [3.05, 3.63) is 84.4 Å². The van der Waals surface area contributed by atoms with Crippen LogP contribution in [0.15, 0.2) is 45.7 Å². The summed E-state index contributed by atoms with van der Waals surface area (Å²) < 4.78 is 15.8. The van der Waals surface area contributed by atoms with Crippen LogP contribution in [0.2, 0.25) is 5.02 Å². The first-order chi connectivity index (χ1) is 17.5. The summed E-state index contributed by atoms with van der Waals surface area (Å²) in [5, 5.41) is 5.91. The fraction of sp³-hybridized carbons (Fsp3) is 0.308. The van der Waals surface area contributed by atoms with Crippen molar-refractivity contribution in [2.75, 3.05) is 12.4 Å². The molecule has 1 aliphatic rings. The second-order valence-corrected chi connectivity index (χ2v) is 10.4. The van der Waals surface area contributed by atoms with Crippen molar-refractivity contribution in [1.29, 1.82) is 0 Å². The highest BCUT2D eigenvalue weighted by Gasteiger charge is 2.33. The lowest BCUT2D eigenvalue weighted by atomic mass is 9.98. The fourth-order valence-electron chi connectivity index (χ4n) is 4.27. The van der Waals surface area contributed by atoms with Crippen LogP contribution in [-0.2, 0) is 13.0 Å². The predicted octanol–water partition coefficient (Wildman–Crippen LogP) is 4.55. The van der Waals surface area contributed by atoms with Gasteiger partial charge in [0.2, 0.25) is 5.95 Å². The minimum absolute atomic E-state index is 0.0360. The number of hydrogen-bond donors (Lipinski definition) is 2. The van der Waals surface area contributed by atoms with Crippen LogP contribution >= 0.6 is 27.5 Å². The molecule has 194 valence electrons. The summed E-state index contributed by atoms with van der Waals surface area (Å²) >= 11 is 9.33. The van der Waals surface area contributed by atoms with Gasteiger partial charge >= 0.3 is 0 Å². The van der Waals surface area contributed by atoms with Gasteiger partial charge in [0.05, 0.1) is 33.0 Å². The van der Waals surface area contributed by atoms with Gasteiger partial charge in [-0.05, 0) is 79.5 Å². The molecule has 2 aromatic carbocycles. The Labute approximate surface area is 227 Å². The zero-order valence-corrected chi connectivity index (χ0v) is 23.1. The van der Waals surface area contributed by atoms with Crippen molar-refractivity contribution < 1.29 is 14.0 Å². The molecule has 4 rings (SSSR count). The topological polar surface area (TPSA) is 96.3 Å². The fourth-order valence-corrected chi connectivity index (χ4v) is 4.99. The standard InChI is InChI=1S/C26H26BrClFN5O3/c1-13(2)31-26-32-22-12-33(24(36)17-10-21(29)19(27)11-20(17)28)14(3)9-18(22)25(37)34(26)16-7-5-15(6-8-16)23(35)30-4/h5-8,10-11,13-14H,9,12H2,1-4H3,(H,30,35)(H,31,32)/t14-/m1/s1. The van der Waals surface area contributed by atoms with Gasteiger partial charge in [-0.1, -0.05) is 11.6 Å². The van der Waals surface area contributed by atoms with E-state index in [1.165, 1.54) is 10.6 Å². The molecule has 1 atom stereocenters. The largest absolute Gasteiger partial charge is 0.355 e. The number of rotatable bonds is 5. The van der Waals surface area contributed by atoms with Crippen molar-refractivity contribution >= 4 is 45.3 Å². The summed E-state index contributed by atoms with van der Waals surface area (Å²) in [7, 11) is 1.55. The number of aromatic nitrogens is 2. The monoisotopic (exact) mass is 589 g/mol. The molecule has 0 spiro atoms. The van der Waals surface area contributed by atoms with Crippen LogP contribution in [0.5, 0.6) is 0 Å². The molecule has 0 radical (unpaired) electrons. The van der Waals surface area contributed by atoms with Crippen LogP contribution in [0, 0.1) is 5.82 Å². The number of nitrogens with zero attached hydrogens (tertiary/aromatic N) is 3. The van der Waals surface area contributed by atoms with E-state index >= 15 is 0 Å². The van der Waals surface area contributed by atoms with Crippen molar-refractivity contribution in [3.63, 3.8) is 0 Å². The van der Waals surface area contributed by atoms with E-state index < -0.39 is 11.7 Å². The third-order valence-electron chi connectivity index (χ3n) is 6.15. The Morgan fingerprint density at radius 3 is 2.51 bits per heavy atom. The molecule has 3 aromatic rings. The SMILES string of the molecule is CNC(=O)c1ccc(-n2c(NC(C)C)nc3c(c2=O)C[C@@H](C)N(C(=O)c2cc(F)c(Br)cc2Cl)C3)cc1. The molecule has 0 bridgehead atoms. The Kier molecular flexibility index (Phi) is 7.70. The molecular formula is C26H26BrClFN5O3. The molecule has 1 aliphatic heterocycles. The zero-order chi connectivity index (χ0) is 27.0. The number of nitrogens with one attached hydrogen (secondary N) is 2. The van der Waals surface area contributed by atoms with E-state index in [1.54, 1.807) is 36.2 Å². The number of hydrogen-bond acceptors (Lipinski definition) is 5. The molecular weight excluding hydrogens is 565 g/mol. The second kappa shape index (κ2) is 10.6. The average Bonchev–Trinajstić information content (AvgIpc) is 2.85. The van der Waals surface area contributed by atoms with Gasteiger partial charge in [0.1, 0.15) is 5.82 Å². The van der Waals surface area contributed by atoms with E-state index in [9.17, 15) is 18.8 Å². The Morgan fingerprint density at radius 1 is 1.22 bits per heavy atom. The number of halogens is 3. The maximum absolute atomic E-state index is 14.2. The number of anilines is 1. The van der Waals surface area contributed by atoms with Crippen molar-refractivity contribution in [2.24, 2.45) is 0 Å². The highest BCUT2D eigenvalue weighted by atomic mass is 79.9. The molecule has 37 heavy (non-hydrogen) atoms. The normalized spacial score (nSPS) is 14.9. The zero-order valence-electron chi connectivity index (χ0n) is 20.7. The predicted molar refractivity (Wildman–Crippen MR) is 144 cm³/mol. The van der Waals surface area contributed by atoms with Gasteiger partial charge in [0.25, 0.3) is 17.4 Å². The van der Waals surface area contributed by atoms with Gasteiger partial charge in [0.15, 0.2) is 0 Å². The third kappa shape index (κ3) is 5.26. The molecule has 0 saturated carbocycles. The van der Waals surface area contributed by atoms with E-state index in [0.29, 0.717) is 28.5 Å². The summed E-state index contributed by atoms with van der Waals surface area (Å²) in [5.41, 5.74) is 1.77. The summed E-state index contributed by atoms with van der Waals surface area (Å²) in [4.78, 5) is 45.3. The minimum atomic E-state index is -0.593. The summed E-state index contributed by atoms with van der Waals surface area (Å²) in [5.74, 6) is -0.943. The van der Waals surface area contributed by atoms with E-state index in [1.807, 2.05) is 20.8 Å². The first-order valence-corrected chi connectivity index (χ1v) is 12.9. The van der Waals surface area contributed by atoms with Crippen molar-refractivity contribution in [1.82, 2.24) is 19.8 Å². The first-order valence-electron chi connectivity index (χ1n) is 11.7. The molecule has 0 fully saturated rings. The molecule has 0 aliphatic carbocycles. The maximum atomic E-state index is 14.2. The van der Waals surface area contributed by atoms with Gasteiger partial charge in [-0.3, -0.25) is 14.4 Å². The molecule has 0 unspecified atom stereocenters. The first kappa shape index (κ1) is 26.8. The lowest BCUT2D eigenvalue weighted by molar-refractivity contribution is 0.0652. The number of fused-ring (bicyclic) bond motifs is 1. The minimum Gasteiger partial charge on any atom is -0.355 e. The average molecular weight is 591 g/mol. The van der Waals surface area contributed by atoms with Gasteiger partial charge in [-0.25, -0.2) is 13.9 Å². The second-order valence-electron chi connectivity index (χ2n) is 9.16. The summed E-state index contributed by atoms with van der Waals surface area (Å²) in [6.45, 7) is 5.74. The molecule has 11 heteroatoms. The number of amides is 2. The molecule has 2 amide bonds. The van der Waals surface area contributed by atoms with E-state index in [-0.39, 0.29) is 51.6 Å². The van der Waals surface area contributed by atoms with Gasteiger partial charge in [0, 0.05) is 30.3 Å². The van der Waals surface area contributed by atoms with Crippen LogP contribution in [0.25, 0.3) is 5.69 Å². The molecule has 1 aromatic heterocycles. The highest BCUT2D eigenvalue weighted by Crippen LogP contribution is 2.29. The Balaban J connectivity index is 1.77. The maximum Gasteiger partial charge on any atom is 0.263 e. The Bertz CT molecular complexity index is 1440. The van der Waals surface area contributed by atoms with Crippen LogP contribution < -0.4 is 16.2 Å². The van der Waals surface area contributed by atoms with E-state index in [2.05, 4.69) is 26.6 Å². The smallest absolute Gasteiger partial charge is 0.263 e. The molecule has 0 saturated heterocycles. The molecule has 2 N–H and O–H groups in total. The summed E-state index contributed by atoms with van der Waals surface area (Å²) in [6.07, 6.45) is 0.266. The van der Waals surface area contributed by atoms with Crippen LogP contribution in [0.1, 0.15) is 52.7 Å². The third-order valence-corrected chi connectivity index (χ3v) is 7.07.